The summed E-state index contributed by atoms with van der Waals surface area (Å²) < 4.78 is 0. The molecule has 0 saturated heterocycles. The summed E-state index contributed by atoms with van der Waals surface area (Å²) in [5, 5.41) is 0.921. The highest BCUT2D eigenvalue weighted by Gasteiger charge is 2.04. The summed E-state index contributed by atoms with van der Waals surface area (Å²) in [5.41, 5.74) is 0. The molecule has 0 fully saturated rings. The van der Waals surface area contributed by atoms with Gasteiger partial charge in [0, 0.05) is 27.2 Å². The lowest BCUT2D eigenvalue weighted by molar-refractivity contribution is 0.410. The number of nitrogens with zero attached hydrogens (tertiary/aromatic N) is 2. The maximum Gasteiger partial charge on any atom is 0.171 e. The predicted octanol–water partition coefficient (Wildman–Crippen LogP) is 1.17. The molecule has 0 saturated carbocycles. The van der Waals surface area contributed by atoms with Crippen LogP contribution in [-0.2, 0) is 0 Å². The van der Waals surface area contributed by atoms with Gasteiger partial charge in [-0.25, -0.2) is 0 Å². The molecule has 0 radical (unpaired) electrons. The van der Waals surface area contributed by atoms with Crippen molar-refractivity contribution in [1.82, 2.24) is 9.80 Å². The molecular formula is C7H16N2S. The Kier molecular flexibility index (Phi) is 4.36. The van der Waals surface area contributed by atoms with Crippen molar-refractivity contribution in [3.63, 3.8) is 0 Å². The highest BCUT2D eigenvalue weighted by Crippen LogP contribution is 1.93. The van der Waals surface area contributed by atoms with E-state index in [1.807, 2.05) is 19.0 Å². The summed E-state index contributed by atoms with van der Waals surface area (Å²) in [5.74, 6) is 0. The molecule has 0 aromatic heterocycles. The lowest BCUT2D eigenvalue weighted by Crippen LogP contribution is -2.38. The van der Waals surface area contributed by atoms with E-state index in [4.69, 9.17) is 12.2 Å². The average Bonchev–Trinajstić information content (AvgIpc) is 1.90. The van der Waals surface area contributed by atoms with Crippen LogP contribution in [0.1, 0.15) is 13.8 Å². The highest BCUT2D eigenvalue weighted by molar-refractivity contribution is 7.80. The molecule has 10 heavy (non-hydrogen) atoms. The topological polar surface area (TPSA) is 6.48 Å². The maximum absolute atomic E-state index is 5.15. The van der Waals surface area contributed by atoms with E-state index in [0.29, 0.717) is 0 Å². The summed E-state index contributed by atoms with van der Waals surface area (Å²) in [6.45, 7) is 6.21. The fourth-order valence-electron chi connectivity index (χ4n) is 0.777. The minimum atomic E-state index is 0.921. The Labute approximate surface area is 68.8 Å². The van der Waals surface area contributed by atoms with Crippen molar-refractivity contribution in [3.8, 4) is 0 Å². The quantitative estimate of drug-likeness (QED) is 0.560. The third kappa shape index (κ3) is 2.52. The molecule has 0 aromatic rings. The normalized spacial score (nSPS) is 9.20. The summed E-state index contributed by atoms with van der Waals surface area (Å²) in [6.07, 6.45) is 0. The Morgan fingerprint density at radius 1 is 1.20 bits per heavy atom. The van der Waals surface area contributed by atoms with Crippen LogP contribution in [0.15, 0.2) is 0 Å². The molecule has 3 heteroatoms. The second-order valence-corrected chi connectivity index (χ2v) is 2.71. The molecule has 60 valence electrons. The van der Waals surface area contributed by atoms with Gasteiger partial charge in [0.2, 0.25) is 0 Å². The van der Waals surface area contributed by atoms with Gasteiger partial charge < -0.3 is 9.80 Å². The van der Waals surface area contributed by atoms with Gasteiger partial charge in [0.25, 0.3) is 0 Å². The molecule has 0 N–H and O–H groups in total. The van der Waals surface area contributed by atoms with Crippen LogP contribution in [0.4, 0.5) is 0 Å². The first-order chi connectivity index (χ1) is 4.63. The number of hydrogen-bond donors (Lipinski definition) is 0. The van der Waals surface area contributed by atoms with Crippen molar-refractivity contribution in [2.45, 2.75) is 13.8 Å². The molecule has 0 aliphatic heterocycles. The monoisotopic (exact) mass is 160 g/mol. The van der Waals surface area contributed by atoms with Crippen LogP contribution in [0.2, 0.25) is 0 Å². The Balaban J connectivity index is 3.89. The van der Waals surface area contributed by atoms with E-state index in [0.717, 1.165) is 18.2 Å². The van der Waals surface area contributed by atoms with Gasteiger partial charge in [-0.2, -0.15) is 0 Å². The van der Waals surface area contributed by atoms with Crippen LogP contribution in [0.25, 0.3) is 0 Å². The highest BCUT2D eigenvalue weighted by atomic mass is 32.1. The van der Waals surface area contributed by atoms with E-state index in [1.54, 1.807) is 0 Å². The first-order valence-corrected chi connectivity index (χ1v) is 4.00. The van der Waals surface area contributed by atoms with Gasteiger partial charge in [-0.3, -0.25) is 0 Å². The molecule has 0 unspecified atom stereocenters. The first kappa shape index (κ1) is 9.69. The minimum absolute atomic E-state index is 0.921. The number of rotatable bonds is 2. The van der Waals surface area contributed by atoms with E-state index in [-0.39, 0.29) is 0 Å². The smallest absolute Gasteiger partial charge is 0.171 e. The minimum Gasteiger partial charge on any atom is -0.355 e. The van der Waals surface area contributed by atoms with Gasteiger partial charge in [-0.05, 0) is 26.1 Å². The van der Waals surface area contributed by atoms with Gasteiger partial charge >= 0.3 is 0 Å². The standard InChI is InChI=1S/C7H16N2S/c1-5-9(6-2)7(10)8(3)4/h5-6H2,1-4H3. The lowest BCUT2D eigenvalue weighted by Gasteiger charge is -2.26. The molecular weight excluding hydrogens is 144 g/mol. The third-order valence-corrected chi connectivity index (χ3v) is 2.04. The zero-order valence-electron chi connectivity index (χ0n) is 7.22. The van der Waals surface area contributed by atoms with Gasteiger partial charge in [-0.15, -0.1) is 0 Å². The molecule has 2 nitrogen and oxygen atoms in total. The Hall–Kier alpha value is -0.310. The summed E-state index contributed by atoms with van der Waals surface area (Å²) in [6, 6.07) is 0. The van der Waals surface area contributed by atoms with Gasteiger partial charge in [-0.1, -0.05) is 0 Å². The van der Waals surface area contributed by atoms with E-state index in [9.17, 15) is 0 Å². The van der Waals surface area contributed by atoms with Crippen molar-refractivity contribution in [3.05, 3.63) is 0 Å². The van der Waals surface area contributed by atoms with E-state index >= 15 is 0 Å². The molecule has 0 atom stereocenters. The van der Waals surface area contributed by atoms with Crippen LogP contribution in [0.5, 0.6) is 0 Å². The average molecular weight is 160 g/mol. The van der Waals surface area contributed by atoms with E-state index < -0.39 is 0 Å². The molecule has 0 rings (SSSR count). The van der Waals surface area contributed by atoms with Crippen LogP contribution in [0.3, 0.4) is 0 Å². The molecule has 0 aliphatic rings. The third-order valence-electron chi connectivity index (χ3n) is 1.42. The van der Waals surface area contributed by atoms with Crippen molar-refractivity contribution in [2.75, 3.05) is 27.2 Å². The summed E-state index contributed by atoms with van der Waals surface area (Å²) >= 11 is 5.15. The Morgan fingerprint density at radius 3 is 1.70 bits per heavy atom. The Morgan fingerprint density at radius 2 is 1.60 bits per heavy atom. The Bertz CT molecular complexity index is 108. The summed E-state index contributed by atoms with van der Waals surface area (Å²) in [7, 11) is 3.95. The molecule has 0 heterocycles. The first-order valence-electron chi connectivity index (χ1n) is 3.59. The van der Waals surface area contributed by atoms with E-state index in [1.165, 1.54) is 0 Å². The SMILES string of the molecule is CCN(CC)C(=S)N(C)C. The van der Waals surface area contributed by atoms with Gasteiger partial charge in [0.05, 0.1) is 0 Å². The van der Waals surface area contributed by atoms with Crippen LogP contribution in [0, 0.1) is 0 Å². The molecule has 0 amide bonds. The maximum atomic E-state index is 5.15. The molecule has 0 aliphatic carbocycles. The van der Waals surface area contributed by atoms with Crippen LogP contribution in [-0.4, -0.2) is 42.1 Å². The predicted molar refractivity (Wildman–Crippen MR) is 49.2 cm³/mol. The lowest BCUT2D eigenvalue weighted by atomic mass is 10.5. The van der Waals surface area contributed by atoms with Crippen LogP contribution >= 0.6 is 12.2 Å². The van der Waals surface area contributed by atoms with Gasteiger partial charge in [0.15, 0.2) is 5.11 Å². The molecule has 0 spiro atoms. The second-order valence-electron chi connectivity index (χ2n) is 2.35. The van der Waals surface area contributed by atoms with Crippen molar-refractivity contribution in [2.24, 2.45) is 0 Å². The largest absolute Gasteiger partial charge is 0.355 e. The van der Waals surface area contributed by atoms with Crippen molar-refractivity contribution in [1.29, 1.82) is 0 Å². The van der Waals surface area contributed by atoms with Crippen LogP contribution < -0.4 is 0 Å². The fourth-order valence-corrected chi connectivity index (χ4v) is 1.04. The van der Waals surface area contributed by atoms with Gasteiger partial charge in [0.1, 0.15) is 0 Å². The zero-order valence-corrected chi connectivity index (χ0v) is 8.03. The van der Waals surface area contributed by atoms with Crippen molar-refractivity contribution < 1.29 is 0 Å². The fraction of sp³-hybridized carbons (Fsp3) is 0.857. The van der Waals surface area contributed by atoms with Crippen molar-refractivity contribution >= 4 is 17.3 Å². The number of thiocarbonyl (C=S) groups is 1. The second kappa shape index (κ2) is 4.50. The molecule has 0 aromatic carbocycles. The molecule has 0 bridgehead atoms. The van der Waals surface area contributed by atoms with E-state index in [2.05, 4.69) is 18.7 Å². The summed E-state index contributed by atoms with van der Waals surface area (Å²) in [4.78, 5) is 4.11. The zero-order chi connectivity index (χ0) is 8.15. The number of hydrogen-bond acceptors (Lipinski definition) is 1.